The fraction of sp³-hybridized carbons (Fsp3) is 0.571. The summed E-state index contributed by atoms with van der Waals surface area (Å²) in [6.45, 7) is 13.3. The van der Waals surface area contributed by atoms with Crippen LogP contribution in [0.25, 0.3) is 0 Å². The van der Waals surface area contributed by atoms with E-state index in [2.05, 4.69) is 42.6 Å². The van der Waals surface area contributed by atoms with Crippen LogP contribution in [0.4, 0.5) is 5.82 Å². The van der Waals surface area contributed by atoms with Crippen LogP contribution in [0.1, 0.15) is 44.5 Å². The molecule has 4 nitrogen and oxygen atoms in total. The maximum atomic E-state index is 5.59. The van der Waals surface area contributed by atoms with Crippen molar-refractivity contribution >= 4 is 5.82 Å². The van der Waals surface area contributed by atoms with Gasteiger partial charge in [-0.05, 0) is 13.3 Å². The summed E-state index contributed by atoms with van der Waals surface area (Å²) in [5, 5.41) is 3.32. The van der Waals surface area contributed by atoms with Crippen LogP contribution in [-0.2, 0) is 0 Å². The molecule has 0 aliphatic carbocycles. The maximum Gasteiger partial charge on any atom is 0.222 e. The van der Waals surface area contributed by atoms with Crippen LogP contribution in [0.2, 0.25) is 0 Å². The second-order valence-electron chi connectivity index (χ2n) is 4.54. The van der Waals surface area contributed by atoms with Crippen molar-refractivity contribution in [1.29, 1.82) is 0 Å². The van der Waals surface area contributed by atoms with Gasteiger partial charge in [-0.2, -0.15) is 4.98 Å². The maximum absolute atomic E-state index is 5.59. The minimum absolute atomic E-state index is 0.277. The molecule has 0 saturated carbocycles. The molecular formula is C14H23N3O. The van der Waals surface area contributed by atoms with E-state index in [1.54, 1.807) is 6.08 Å². The minimum atomic E-state index is 0.277. The molecule has 0 bridgehead atoms. The largest absolute Gasteiger partial charge is 0.473 e. The zero-order chi connectivity index (χ0) is 13.5. The van der Waals surface area contributed by atoms with Crippen LogP contribution in [-0.4, -0.2) is 23.1 Å². The fourth-order valence-electron chi connectivity index (χ4n) is 1.46. The Morgan fingerprint density at radius 1 is 1.39 bits per heavy atom. The third-order valence-corrected chi connectivity index (χ3v) is 2.52. The second-order valence-corrected chi connectivity index (χ2v) is 4.54. The lowest BCUT2D eigenvalue weighted by Crippen LogP contribution is -2.11. The molecule has 4 heteroatoms. The summed E-state index contributed by atoms with van der Waals surface area (Å²) in [5.74, 6) is 2.60. The fourth-order valence-corrected chi connectivity index (χ4v) is 1.46. The van der Waals surface area contributed by atoms with Crippen molar-refractivity contribution in [3.8, 4) is 5.88 Å². The molecule has 0 unspecified atom stereocenters. The standard InChI is InChI=1S/C14H23N3O/c1-6-8-15-13-11(5)14(18-9-7-2)17-12(16-13)10(3)4/h7,10H,2,6,8-9H2,1,3-5H3,(H,15,16,17). The number of ether oxygens (including phenoxy) is 1. The zero-order valence-corrected chi connectivity index (χ0v) is 11.8. The van der Waals surface area contributed by atoms with Gasteiger partial charge in [-0.25, -0.2) is 4.98 Å². The van der Waals surface area contributed by atoms with E-state index in [1.807, 2.05) is 6.92 Å². The lowest BCUT2D eigenvalue weighted by atomic mass is 10.2. The van der Waals surface area contributed by atoms with Crippen LogP contribution in [0.5, 0.6) is 5.88 Å². The number of nitrogens with one attached hydrogen (secondary N) is 1. The van der Waals surface area contributed by atoms with Crippen molar-refractivity contribution < 1.29 is 4.74 Å². The van der Waals surface area contributed by atoms with E-state index in [0.717, 1.165) is 30.2 Å². The Kier molecular flexibility index (Phi) is 5.62. The first-order valence-corrected chi connectivity index (χ1v) is 6.46. The third-order valence-electron chi connectivity index (χ3n) is 2.52. The van der Waals surface area contributed by atoms with Crippen LogP contribution >= 0.6 is 0 Å². The predicted molar refractivity (Wildman–Crippen MR) is 75.3 cm³/mol. The molecule has 0 amide bonds. The molecule has 1 N–H and O–H groups in total. The summed E-state index contributed by atoms with van der Waals surface area (Å²) in [5.41, 5.74) is 0.953. The highest BCUT2D eigenvalue weighted by molar-refractivity contribution is 5.48. The Balaban J connectivity index is 3.06. The smallest absolute Gasteiger partial charge is 0.222 e. The molecule has 18 heavy (non-hydrogen) atoms. The molecule has 1 rings (SSSR count). The number of aromatic nitrogens is 2. The molecule has 0 saturated heterocycles. The van der Waals surface area contributed by atoms with Crippen molar-refractivity contribution in [3.63, 3.8) is 0 Å². The van der Waals surface area contributed by atoms with Crippen molar-refractivity contribution in [3.05, 3.63) is 24.0 Å². The van der Waals surface area contributed by atoms with Gasteiger partial charge in [-0.1, -0.05) is 33.4 Å². The number of hydrogen-bond donors (Lipinski definition) is 1. The van der Waals surface area contributed by atoms with Gasteiger partial charge in [0.25, 0.3) is 0 Å². The minimum Gasteiger partial charge on any atom is -0.473 e. The van der Waals surface area contributed by atoms with E-state index in [4.69, 9.17) is 4.74 Å². The molecule has 0 aromatic carbocycles. The van der Waals surface area contributed by atoms with E-state index in [1.165, 1.54) is 0 Å². The highest BCUT2D eigenvalue weighted by Gasteiger charge is 2.13. The van der Waals surface area contributed by atoms with E-state index in [0.29, 0.717) is 12.5 Å². The monoisotopic (exact) mass is 249 g/mol. The average Bonchev–Trinajstić information content (AvgIpc) is 2.35. The summed E-state index contributed by atoms with van der Waals surface area (Å²) >= 11 is 0. The van der Waals surface area contributed by atoms with Gasteiger partial charge in [-0.3, -0.25) is 0 Å². The number of anilines is 1. The zero-order valence-electron chi connectivity index (χ0n) is 11.8. The van der Waals surface area contributed by atoms with Gasteiger partial charge in [0.1, 0.15) is 18.2 Å². The molecule has 0 atom stereocenters. The number of rotatable bonds is 7. The lowest BCUT2D eigenvalue weighted by Gasteiger charge is -2.15. The van der Waals surface area contributed by atoms with Crippen molar-refractivity contribution in [2.75, 3.05) is 18.5 Å². The summed E-state index contributed by atoms with van der Waals surface area (Å²) in [4.78, 5) is 9.01. The summed E-state index contributed by atoms with van der Waals surface area (Å²) in [6, 6.07) is 0. The van der Waals surface area contributed by atoms with Crippen molar-refractivity contribution in [1.82, 2.24) is 9.97 Å². The highest BCUT2D eigenvalue weighted by atomic mass is 16.5. The topological polar surface area (TPSA) is 47.0 Å². The Labute approximate surface area is 109 Å². The first kappa shape index (κ1) is 14.5. The van der Waals surface area contributed by atoms with Gasteiger partial charge in [0.2, 0.25) is 5.88 Å². The molecule has 1 heterocycles. The molecule has 100 valence electrons. The van der Waals surface area contributed by atoms with E-state index < -0.39 is 0 Å². The van der Waals surface area contributed by atoms with Crippen LogP contribution in [0.3, 0.4) is 0 Å². The van der Waals surface area contributed by atoms with Crippen LogP contribution < -0.4 is 10.1 Å². The van der Waals surface area contributed by atoms with Gasteiger partial charge >= 0.3 is 0 Å². The van der Waals surface area contributed by atoms with Gasteiger partial charge in [-0.15, -0.1) is 0 Å². The summed E-state index contributed by atoms with van der Waals surface area (Å²) < 4.78 is 5.59. The van der Waals surface area contributed by atoms with Gasteiger partial charge < -0.3 is 10.1 Å². The van der Waals surface area contributed by atoms with Gasteiger partial charge in [0.05, 0.1) is 5.56 Å². The van der Waals surface area contributed by atoms with E-state index in [9.17, 15) is 0 Å². The molecule has 0 aliphatic heterocycles. The highest BCUT2D eigenvalue weighted by Crippen LogP contribution is 2.24. The van der Waals surface area contributed by atoms with Crippen molar-refractivity contribution in [2.45, 2.75) is 40.0 Å². The molecule has 0 fully saturated rings. The summed E-state index contributed by atoms with van der Waals surface area (Å²) in [7, 11) is 0. The molecule has 0 radical (unpaired) electrons. The second kappa shape index (κ2) is 6.99. The SMILES string of the molecule is C=CCOc1nc(C(C)C)nc(NCCC)c1C. The predicted octanol–water partition coefficient (Wildman–Crippen LogP) is 3.30. The molecule has 1 aromatic heterocycles. The Morgan fingerprint density at radius 2 is 2.11 bits per heavy atom. The first-order chi connectivity index (χ1) is 8.60. The van der Waals surface area contributed by atoms with Gasteiger partial charge in [0.15, 0.2) is 0 Å². The molecule has 0 aliphatic rings. The molecule has 1 aromatic rings. The Hall–Kier alpha value is -1.58. The van der Waals surface area contributed by atoms with Crippen LogP contribution in [0, 0.1) is 6.92 Å². The Morgan fingerprint density at radius 3 is 2.67 bits per heavy atom. The molecular weight excluding hydrogens is 226 g/mol. The average molecular weight is 249 g/mol. The Bertz CT molecular complexity index is 402. The number of nitrogens with zero attached hydrogens (tertiary/aromatic N) is 2. The normalized spacial score (nSPS) is 10.5. The van der Waals surface area contributed by atoms with Gasteiger partial charge in [0, 0.05) is 12.5 Å². The van der Waals surface area contributed by atoms with Crippen molar-refractivity contribution in [2.24, 2.45) is 0 Å². The first-order valence-electron chi connectivity index (χ1n) is 6.46. The van der Waals surface area contributed by atoms with E-state index >= 15 is 0 Å². The number of hydrogen-bond acceptors (Lipinski definition) is 4. The lowest BCUT2D eigenvalue weighted by molar-refractivity contribution is 0.343. The summed E-state index contributed by atoms with van der Waals surface area (Å²) in [6.07, 6.45) is 2.78. The molecule has 0 spiro atoms. The third kappa shape index (κ3) is 3.72. The van der Waals surface area contributed by atoms with Crippen LogP contribution in [0.15, 0.2) is 12.7 Å². The van der Waals surface area contributed by atoms with E-state index in [-0.39, 0.29) is 5.92 Å². The quantitative estimate of drug-likeness (QED) is 0.753.